The lowest BCUT2D eigenvalue weighted by Gasteiger charge is -2.51. The first-order chi connectivity index (χ1) is 19.9. The second-order valence-corrected chi connectivity index (χ2v) is 12.9. The second kappa shape index (κ2) is 10.1. The van der Waals surface area contributed by atoms with E-state index in [1.165, 1.54) is 24.1 Å². The van der Waals surface area contributed by atoms with E-state index in [0.717, 1.165) is 25.1 Å². The summed E-state index contributed by atoms with van der Waals surface area (Å²) in [6.45, 7) is 4.85. The molecule has 1 aliphatic heterocycles. The van der Waals surface area contributed by atoms with Crippen LogP contribution >= 0.6 is 11.6 Å². The lowest BCUT2D eigenvalue weighted by atomic mass is 9.54. The molecule has 0 radical (unpaired) electrons. The standard InChI is InChI=1S/C33H35ClN2O6/c1-16(37)24-30(40)28(35(3)4)22-12-19-11-21-26(29(39)25(19)32(42)33(22,2)31(24)41)23(38)13-20(27(21)34)15-36-10-9-17-7-5-6-8-18(17)14-36/h5-8,13,19,22,28,38,40,42H,9-12,14-15H2,1-4H3/t19-,22-,28-,33-/m0/s1. The maximum absolute atomic E-state index is 14.0. The van der Waals surface area contributed by atoms with Gasteiger partial charge >= 0.3 is 0 Å². The summed E-state index contributed by atoms with van der Waals surface area (Å²) in [4.78, 5) is 44.2. The van der Waals surface area contributed by atoms with Crippen LogP contribution < -0.4 is 0 Å². The average molecular weight is 591 g/mol. The van der Waals surface area contributed by atoms with Crippen molar-refractivity contribution >= 4 is 29.0 Å². The molecule has 4 atom stereocenters. The Bertz CT molecular complexity index is 1620. The zero-order valence-electron chi connectivity index (χ0n) is 24.2. The van der Waals surface area contributed by atoms with Crippen molar-refractivity contribution in [2.24, 2.45) is 17.3 Å². The van der Waals surface area contributed by atoms with E-state index < -0.39 is 46.4 Å². The fourth-order valence-corrected chi connectivity index (χ4v) is 8.08. The molecule has 0 fully saturated rings. The molecule has 4 aliphatic rings. The third-order valence-electron chi connectivity index (χ3n) is 9.90. The Labute approximate surface area is 249 Å². The number of ketones is 3. The molecule has 2 aromatic rings. The summed E-state index contributed by atoms with van der Waals surface area (Å²) in [7, 11) is 3.49. The molecular formula is C33H35ClN2O6. The molecule has 9 heteroatoms. The van der Waals surface area contributed by atoms with Crippen LogP contribution in [0.1, 0.15) is 52.9 Å². The summed E-state index contributed by atoms with van der Waals surface area (Å²) in [6.07, 6.45) is 1.50. The number of phenolic OH excluding ortho intramolecular Hbond substituents is 1. The number of aliphatic hydroxyl groups excluding tert-OH is 2. The van der Waals surface area contributed by atoms with Gasteiger partial charge in [-0.15, -0.1) is 0 Å². The lowest BCUT2D eigenvalue weighted by molar-refractivity contribution is -0.134. The largest absolute Gasteiger partial charge is 0.511 e. The van der Waals surface area contributed by atoms with Crippen LogP contribution in [-0.2, 0) is 35.5 Å². The summed E-state index contributed by atoms with van der Waals surface area (Å²) < 4.78 is 0. The molecule has 0 bridgehead atoms. The Morgan fingerprint density at radius 2 is 1.83 bits per heavy atom. The van der Waals surface area contributed by atoms with Crippen molar-refractivity contribution in [3.05, 3.63) is 85.8 Å². The number of phenols is 1. The fourth-order valence-electron chi connectivity index (χ4n) is 7.80. The van der Waals surface area contributed by atoms with Crippen molar-refractivity contribution in [2.75, 3.05) is 20.6 Å². The third-order valence-corrected chi connectivity index (χ3v) is 10.4. The molecule has 1 heterocycles. The van der Waals surface area contributed by atoms with Crippen molar-refractivity contribution in [3.8, 4) is 5.75 Å². The summed E-state index contributed by atoms with van der Waals surface area (Å²) in [5.41, 5.74) is 2.03. The smallest absolute Gasteiger partial charge is 0.196 e. The number of Topliss-reactive ketones (excluding diaryl/α,β-unsaturated/α-hetero) is 3. The number of carbonyl (C=O) groups excluding carboxylic acids is 3. The highest BCUT2D eigenvalue weighted by molar-refractivity contribution is 6.33. The van der Waals surface area contributed by atoms with Crippen molar-refractivity contribution < 1.29 is 29.7 Å². The van der Waals surface area contributed by atoms with Gasteiger partial charge in [-0.05, 0) is 81.4 Å². The number of aromatic hydroxyl groups is 1. The van der Waals surface area contributed by atoms with Gasteiger partial charge in [0.1, 0.15) is 22.8 Å². The number of rotatable bonds is 4. The highest BCUT2D eigenvalue weighted by Gasteiger charge is 2.61. The monoisotopic (exact) mass is 590 g/mol. The van der Waals surface area contributed by atoms with Crippen molar-refractivity contribution in [2.45, 2.75) is 52.2 Å². The maximum Gasteiger partial charge on any atom is 0.196 e. The Morgan fingerprint density at radius 1 is 1.14 bits per heavy atom. The number of benzene rings is 2. The maximum atomic E-state index is 14.0. The number of halogens is 1. The van der Waals surface area contributed by atoms with E-state index in [9.17, 15) is 29.7 Å². The molecular weight excluding hydrogens is 556 g/mol. The average Bonchev–Trinajstić information content (AvgIpc) is 2.93. The molecule has 6 rings (SSSR count). The van der Waals surface area contributed by atoms with Crippen LogP contribution in [0.4, 0.5) is 0 Å². The van der Waals surface area contributed by atoms with Crippen LogP contribution in [0.3, 0.4) is 0 Å². The zero-order valence-corrected chi connectivity index (χ0v) is 25.0. The number of hydrogen-bond donors (Lipinski definition) is 3. The van der Waals surface area contributed by atoms with Gasteiger partial charge in [0.25, 0.3) is 0 Å². The quantitative estimate of drug-likeness (QED) is 0.438. The minimum absolute atomic E-state index is 0.0465. The molecule has 2 aromatic carbocycles. The van der Waals surface area contributed by atoms with E-state index in [1.807, 2.05) is 12.1 Å². The SMILES string of the molecule is CC(=O)C1=C(O)[C@@H](N(C)C)[C@@H]2C[C@@H]3Cc4c(Cl)c(CN5CCc6ccccc6C5)cc(O)c4C(=O)C3=C(O)[C@]2(C)C1=O. The highest BCUT2D eigenvalue weighted by Crippen LogP contribution is 2.57. The molecule has 0 aromatic heterocycles. The Morgan fingerprint density at radius 3 is 2.50 bits per heavy atom. The third kappa shape index (κ3) is 4.07. The molecule has 0 spiro atoms. The topological polar surface area (TPSA) is 118 Å². The van der Waals surface area contributed by atoms with Gasteiger partial charge < -0.3 is 15.3 Å². The number of hydrogen-bond acceptors (Lipinski definition) is 8. The molecule has 0 saturated carbocycles. The van der Waals surface area contributed by atoms with Crippen LogP contribution in [0.5, 0.6) is 5.75 Å². The van der Waals surface area contributed by atoms with Gasteiger partial charge in [0.15, 0.2) is 17.3 Å². The van der Waals surface area contributed by atoms with Crippen molar-refractivity contribution in [1.29, 1.82) is 0 Å². The number of aliphatic hydroxyl groups is 2. The molecule has 220 valence electrons. The van der Waals surface area contributed by atoms with E-state index >= 15 is 0 Å². The van der Waals surface area contributed by atoms with E-state index in [2.05, 4.69) is 17.0 Å². The van der Waals surface area contributed by atoms with E-state index in [-0.39, 0.29) is 34.6 Å². The number of carbonyl (C=O) groups is 3. The highest BCUT2D eigenvalue weighted by atomic mass is 35.5. The van der Waals surface area contributed by atoms with Gasteiger partial charge in [0, 0.05) is 36.1 Å². The minimum atomic E-state index is -1.59. The molecule has 0 unspecified atom stereocenters. The molecule has 42 heavy (non-hydrogen) atoms. The van der Waals surface area contributed by atoms with Gasteiger partial charge in [-0.1, -0.05) is 35.9 Å². The summed E-state index contributed by atoms with van der Waals surface area (Å²) in [5.74, 6) is -3.85. The van der Waals surface area contributed by atoms with Gasteiger partial charge in [-0.25, -0.2) is 0 Å². The minimum Gasteiger partial charge on any atom is -0.511 e. The first-order valence-electron chi connectivity index (χ1n) is 14.3. The normalized spacial score (nSPS) is 27.5. The Hall–Kier alpha value is -3.46. The molecule has 3 N–H and O–H groups in total. The lowest BCUT2D eigenvalue weighted by Crippen LogP contribution is -2.58. The van der Waals surface area contributed by atoms with Crippen LogP contribution in [0, 0.1) is 17.3 Å². The molecule has 3 aliphatic carbocycles. The first kappa shape index (κ1) is 28.6. The van der Waals surface area contributed by atoms with Crippen LogP contribution in [0.25, 0.3) is 0 Å². The summed E-state index contributed by atoms with van der Waals surface area (Å²) in [5, 5.41) is 34.4. The molecule has 0 saturated heterocycles. The number of allylic oxidation sites excluding steroid dienone is 3. The van der Waals surface area contributed by atoms with Gasteiger partial charge in [0.05, 0.1) is 17.0 Å². The number of nitrogens with zero attached hydrogens (tertiary/aromatic N) is 2. The van der Waals surface area contributed by atoms with Crippen LogP contribution in [0.2, 0.25) is 5.02 Å². The van der Waals surface area contributed by atoms with Gasteiger partial charge in [0.2, 0.25) is 0 Å². The zero-order chi connectivity index (χ0) is 30.2. The van der Waals surface area contributed by atoms with Crippen LogP contribution in [0.15, 0.2) is 53.0 Å². The van der Waals surface area contributed by atoms with Crippen LogP contribution in [-0.4, -0.2) is 69.2 Å². The Balaban J connectivity index is 1.40. The van der Waals surface area contributed by atoms with E-state index in [4.69, 9.17) is 11.6 Å². The molecule has 0 amide bonds. The Kier molecular flexibility index (Phi) is 6.87. The van der Waals surface area contributed by atoms with E-state index in [1.54, 1.807) is 25.9 Å². The second-order valence-electron chi connectivity index (χ2n) is 12.5. The predicted molar refractivity (Wildman–Crippen MR) is 158 cm³/mol. The number of likely N-dealkylation sites (N-methyl/N-ethyl adjacent to an activating group) is 1. The summed E-state index contributed by atoms with van der Waals surface area (Å²) in [6, 6.07) is 9.15. The summed E-state index contributed by atoms with van der Waals surface area (Å²) >= 11 is 6.98. The number of fused-ring (bicyclic) bond motifs is 4. The molecule has 8 nitrogen and oxygen atoms in total. The fraction of sp³-hybridized carbons (Fsp3) is 0.424. The first-order valence-corrected chi connectivity index (χ1v) is 14.7. The van der Waals surface area contributed by atoms with Gasteiger partial charge in [-0.2, -0.15) is 0 Å². The predicted octanol–water partition coefficient (Wildman–Crippen LogP) is 4.71. The van der Waals surface area contributed by atoms with E-state index in [0.29, 0.717) is 23.6 Å². The van der Waals surface area contributed by atoms with Gasteiger partial charge in [-0.3, -0.25) is 24.2 Å². The van der Waals surface area contributed by atoms with Crippen molar-refractivity contribution in [1.82, 2.24) is 9.80 Å². The van der Waals surface area contributed by atoms with Crippen molar-refractivity contribution in [3.63, 3.8) is 0 Å².